The number of hydrogen-bond donors (Lipinski definition) is 1. The highest BCUT2D eigenvalue weighted by Crippen LogP contribution is 2.20. The average molecular weight is 290 g/mol. The van der Waals surface area contributed by atoms with Gasteiger partial charge < -0.3 is 5.32 Å². The lowest BCUT2D eigenvalue weighted by Crippen LogP contribution is -2.16. The van der Waals surface area contributed by atoms with Gasteiger partial charge in [0.15, 0.2) is 0 Å². The molecule has 0 aliphatic carbocycles. The maximum atomic E-state index is 3.46. The molecule has 0 fully saturated rings. The largest absolute Gasteiger partial charge is 0.313 e. The van der Waals surface area contributed by atoms with Gasteiger partial charge in [0.2, 0.25) is 0 Å². The maximum Gasteiger partial charge on any atom is 0.0317 e. The lowest BCUT2D eigenvalue weighted by Gasteiger charge is -2.16. The second kappa shape index (κ2) is 11.8. The molecule has 0 spiro atoms. The van der Waals surface area contributed by atoms with E-state index < -0.39 is 0 Å². The van der Waals surface area contributed by atoms with E-state index in [1.54, 1.807) is 0 Å². The Balaban J connectivity index is 2.08. The summed E-state index contributed by atoms with van der Waals surface area (Å²) in [6.07, 6.45) is 13.9. The number of nitrogens with one attached hydrogen (secondary N) is 1. The van der Waals surface area contributed by atoms with Gasteiger partial charge >= 0.3 is 0 Å². The number of benzene rings is 1. The maximum absolute atomic E-state index is 3.46. The molecule has 0 heterocycles. The molecule has 1 rings (SSSR count). The van der Waals surface area contributed by atoms with Crippen LogP contribution in [-0.2, 0) is 0 Å². The van der Waals surface area contributed by atoms with Gasteiger partial charge in [-0.3, -0.25) is 0 Å². The third kappa shape index (κ3) is 8.26. The first-order valence-electron chi connectivity index (χ1n) is 9.01. The topological polar surface area (TPSA) is 12.0 Å². The molecule has 0 saturated heterocycles. The molecule has 1 unspecified atom stereocenters. The first-order chi connectivity index (χ1) is 10.3. The molecule has 1 atom stereocenters. The standard InChI is InChI=1S/C20H35N/c1-4-5-6-7-8-9-10-11-12-13-20(21-3)19-16-14-18(2)15-17-19/h14-17,20-21H,4-13H2,1-3H3. The van der Waals surface area contributed by atoms with E-state index in [1.807, 2.05) is 0 Å². The molecule has 0 aliphatic heterocycles. The van der Waals surface area contributed by atoms with Crippen molar-refractivity contribution < 1.29 is 0 Å². The van der Waals surface area contributed by atoms with Crippen molar-refractivity contribution in [2.45, 2.75) is 84.1 Å². The Bertz CT molecular complexity index is 341. The Morgan fingerprint density at radius 2 is 1.33 bits per heavy atom. The molecule has 0 saturated carbocycles. The van der Waals surface area contributed by atoms with Crippen molar-refractivity contribution in [3.8, 4) is 0 Å². The van der Waals surface area contributed by atoms with Gasteiger partial charge in [0.1, 0.15) is 0 Å². The van der Waals surface area contributed by atoms with E-state index in [9.17, 15) is 0 Å². The van der Waals surface area contributed by atoms with Crippen molar-refractivity contribution in [1.29, 1.82) is 0 Å². The molecule has 1 aromatic carbocycles. The molecular weight excluding hydrogens is 254 g/mol. The summed E-state index contributed by atoms with van der Waals surface area (Å²) in [5, 5.41) is 3.46. The zero-order valence-electron chi connectivity index (χ0n) is 14.5. The molecule has 1 aromatic rings. The lowest BCUT2D eigenvalue weighted by molar-refractivity contribution is 0.493. The van der Waals surface area contributed by atoms with Gasteiger partial charge in [-0.25, -0.2) is 0 Å². The number of rotatable bonds is 12. The van der Waals surface area contributed by atoms with Crippen LogP contribution < -0.4 is 5.32 Å². The molecular formula is C20H35N. The quantitative estimate of drug-likeness (QED) is 0.453. The van der Waals surface area contributed by atoms with Crippen molar-refractivity contribution in [3.63, 3.8) is 0 Å². The van der Waals surface area contributed by atoms with Gasteiger partial charge in [0, 0.05) is 6.04 Å². The van der Waals surface area contributed by atoms with Crippen LogP contribution in [0.15, 0.2) is 24.3 Å². The van der Waals surface area contributed by atoms with E-state index in [2.05, 4.69) is 50.5 Å². The van der Waals surface area contributed by atoms with E-state index in [1.165, 1.54) is 75.3 Å². The molecule has 120 valence electrons. The van der Waals surface area contributed by atoms with E-state index in [4.69, 9.17) is 0 Å². The summed E-state index contributed by atoms with van der Waals surface area (Å²) in [5.41, 5.74) is 2.78. The molecule has 21 heavy (non-hydrogen) atoms. The molecule has 0 radical (unpaired) electrons. The fourth-order valence-electron chi connectivity index (χ4n) is 2.94. The summed E-state index contributed by atoms with van der Waals surface area (Å²) >= 11 is 0. The Labute approximate surface area is 132 Å². The predicted octanol–water partition coefficient (Wildman–Crippen LogP) is 6.18. The molecule has 1 nitrogen and oxygen atoms in total. The second-order valence-electron chi connectivity index (χ2n) is 6.37. The van der Waals surface area contributed by atoms with Crippen LogP contribution in [0.1, 0.15) is 88.3 Å². The van der Waals surface area contributed by atoms with Gasteiger partial charge in [0.25, 0.3) is 0 Å². The molecule has 0 amide bonds. The summed E-state index contributed by atoms with van der Waals surface area (Å²) in [6.45, 7) is 4.44. The summed E-state index contributed by atoms with van der Waals surface area (Å²) in [5.74, 6) is 0. The van der Waals surface area contributed by atoms with Crippen LogP contribution in [0.5, 0.6) is 0 Å². The fraction of sp³-hybridized carbons (Fsp3) is 0.700. The third-order valence-corrected chi connectivity index (χ3v) is 4.42. The van der Waals surface area contributed by atoms with Crippen molar-refractivity contribution in [3.05, 3.63) is 35.4 Å². The molecule has 1 heteroatoms. The Morgan fingerprint density at radius 1 is 0.810 bits per heavy atom. The van der Waals surface area contributed by atoms with Crippen LogP contribution in [0.2, 0.25) is 0 Å². The SMILES string of the molecule is CCCCCCCCCCCC(NC)c1ccc(C)cc1. The second-order valence-corrected chi connectivity index (χ2v) is 6.37. The van der Waals surface area contributed by atoms with Gasteiger partial charge in [-0.15, -0.1) is 0 Å². The first kappa shape index (κ1) is 18.2. The Hall–Kier alpha value is -0.820. The van der Waals surface area contributed by atoms with Crippen molar-refractivity contribution in [2.24, 2.45) is 0 Å². The minimum atomic E-state index is 0.523. The van der Waals surface area contributed by atoms with Crippen molar-refractivity contribution in [1.82, 2.24) is 5.32 Å². The first-order valence-corrected chi connectivity index (χ1v) is 9.01. The normalized spacial score (nSPS) is 12.5. The Kier molecular flexibility index (Phi) is 10.2. The van der Waals surface area contributed by atoms with Crippen LogP contribution in [0.3, 0.4) is 0 Å². The van der Waals surface area contributed by atoms with E-state index >= 15 is 0 Å². The fourth-order valence-corrected chi connectivity index (χ4v) is 2.94. The van der Waals surface area contributed by atoms with Crippen LogP contribution >= 0.6 is 0 Å². The van der Waals surface area contributed by atoms with E-state index in [0.717, 1.165) is 0 Å². The van der Waals surface area contributed by atoms with Crippen LogP contribution in [0, 0.1) is 6.92 Å². The lowest BCUT2D eigenvalue weighted by atomic mass is 9.99. The van der Waals surface area contributed by atoms with Gasteiger partial charge in [-0.1, -0.05) is 94.5 Å². The highest BCUT2D eigenvalue weighted by Gasteiger charge is 2.08. The third-order valence-electron chi connectivity index (χ3n) is 4.42. The zero-order chi connectivity index (χ0) is 15.3. The van der Waals surface area contributed by atoms with Gasteiger partial charge in [-0.2, -0.15) is 0 Å². The van der Waals surface area contributed by atoms with Crippen molar-refractivity contribution in [2.75, 3.05) is 7.05 Å². The number of hydrogen-bond acceptors (Lipinski definition) is 1. The summed E-state index contributed by atoms with van der Waals surface area (Å²) in [6, 6.07) is 9.50. The predicted molar refractivity (Wildman–Crippen MR) is 94.8 cm³/mol. The van der Waals surface area contributed by atoms with Crippen molar-refractivity contribution >= 4 is 0 Å². The molecule has 0 aliphatic rings. The highest BCUT2D eigenvalue weighted by atomic mass is 14.9. The molecule has 0 bridgehead atoms. The van der Waals surface area contributed by atoms with E-state index in [-0.39, 0.29) is 0 Å². The van der Waals surface area contributed by atoms with Crippen LogP contribution in [-0.4, -0.2) is 7.05 Å². The number of aryl methyl sites for hydroxylation is 1. The zero-order valence-corrected chi connectivity index (χ0v) is 14.5. The van der Waals surface area contributed by atoms with Gasteiger partial charge in [0.05, 0.1) is 0 Å². The minimum absolute atomic E-state index is 0.523. The van der Waals surface area contributed by atoms with Gasteiger partial charge in [-0.05, 0) is 26.0 Å². The monoisotopic (exact) mass is 289 g/mol. The summed E-state index contributed by atoms with van der Waals surface area (Å²) in [7, 11) is 2.08. The van der Waals surface area contributed by atoms with E-state index in [0.29, 0.717) is 6.04 Å². The smallest absolute Gasteiger partial charge is 0.0317 e. The highest BCUT2D eigenvalue weighted by molar-refractivity contribution is 5.23. The average Bonchev–Trinajstić information content (AvgIpc) is 2.51. The van der Waals surface area contributed by atoms with Crippen LogP contribution in [0.25, 0.3) is 0 Å². The summed E-state index contributed by atoms with van der Waals surface area (Å²) < 4.78 is 0. The molecule has 0 aromatic heterocycles. The van der Waals surface area contributed by atoms with Crippen LogP contribution in [0.4, 0.5) is 0 Å². The molecule has 1 N–H and O–H groups in total. The Morgan fingerprint density at radius 3 is 1.86 bits per heavy atom. The number of unbranched alkanes of at least 4 members (excludes halogenated alkanes) is 8. The summed E-state index contributed by atoms with van der Waals surface area (Å²) in [4.78, 5) is 0. The minimum Gasteiger partial charge on any atom is -0.313 e.